The highest BCUT2D eigenvalue weighted by molar-refractivity contribution is 5.92. The maximum absolute atomic E-state index is 12.3. The Hall–Kier alpha value is -2.26. The first kappa shape index (κ1) is 24.0. The molecular weight excluding hydrogens is 396 g/mol. The molecule has 1 aliphatic rings. The van der Waals surface area contributed by atoms with Gasteiger partial charge in [-0.1, -0.05) is 0 Å². The molecule has 2 rings (SSSR count). The molecule has 1 aliphatic heterocycles. The number of rotatable bonds is 11. The summed E-state index contributed by atoms with van der Waals surface area (Å²) in [5, 5.41) is 5.69. The monoisotopic (exact) mass is 427 g/mol. The average molecular weight is 427 g/mol. The zero-order valence-electron chi connectivity index (χ0n) is 17.5. The van der Waals surface area contributed by atoms with E-state index in [-0.39, 0.29) is 36.1 Å². The van der Waals surface area contributed by atoms with E-state index in [4.69, 9.17) is 4.74 Å². The fraction of sp³-hybridized carbons (Fsp3) is 0.619. The molecule has 0 aliphatic carbocycles. The van der Waals surface area contributed by atoms with Crippen LogP contribution in [0.15, 0.2) is 24.3 Å². The summed E-state index contributed by atoms with van der Waals surface area (Å²) in [5.74, 6) is -0.117. The van der Waals surface area contributed by atoms with Gasteiger partial charge in [0.05, 0.1) is 12.6 Å². The minimum Gasteiger partial charge on any atom is -0.435 e. The number of halogens is 2. The second kappa shape index (κ2) is 12.4. The molecule has 168 valence electrons. The number of likely N-dealkylation sites (tertiary alicyclic amines) is 1. The van der Waals surface area contributed by atoms with Crippen LogP contribution in [0.25, 0.3) is 0 Å². The second-order valence-corrected chi connectivity index (χ2v) is 7.57. The topological polar surface area (TPSA) is 79.9 Å². The van der Waals surface area contributed by atoms with Crippen molar-refractivity contribution in [3.8, 4) is 5.75 Å². The van der Waals surface area contributed by atoms with Gasteiger partial charge in [0.2, 0.25) is 11.8 Å². The van der Waals surface area contributed by atoms with Crippen LogP contribution >= 0.6 is 0 Å². The molecule has 0 bridgehead atoms. The molecule has 1 saturated heterocycles. The van der Waals surface area contributed by atoms with E-state index in [1.165, 1.54) is 24.3 Å². The van der Waals surface area contributed by atoms with Crippen LogP contribution in [0.3, 0.4) is 0 Å². The van der Waals surface area contributed by atoms with Gasteiger partial charge in [-0.15, -0.1) is 0 Å². The Balaban J connectivity index is 1.64. The molecule has 0 radical (unpaired) electrons. The third-order valence-electron chi connectivity index (χ3n) is 4.76. The van der Waals surface area contributed by atoms with Crippen LogP contribution in [0.2, 0.25) is 0 Å². The van der Waals surface area contributed by atoms with Crippen LogP contribution in [0, 0.1) is 5.92 Å². The van der Waals surface area contributed by atoms with E-state index >= 15 is 0 Å². The highest BCUT2D eigenvalue weighted by Crippen LogP contribution is 2.19. The number of piperidine rings is 1. The SMILES string of the molecule is CC(C)OCCCNC(=O)C1CCN(CC(=O)Nc2ccc(OC(F)F)cc2)CC1. The normalized spacial score (nSPS) is 15.4. The molecule has 0 spiro atoms. The predicted molar refractivity (Wildman–Crippen MR) is 110 cm³/mol. The van der Waals surface area contributed by atoms with Gasteiger partial charge in [-0.3, -0.25) is 14.5 Å². The van der Waals surface area contributed by atoms with E-state index in [0.717, 1.165) is 6.42 Å². The van der Waals surface area contributed by atoms with Gasteiger partial charge in [-0.25, -0.2) is 0 Å². The number of hydrogen-bond acceptors (Lipinski definition) is 5. The van der Waals surface area contributed by atoms with Gasteiger partial charge in [0, 0.05) is 24.8 Å². The Morgan fingerprint density at radius 3 is 2.43 bits per heavy atom. The maximum atomic E-state index is 12.3. The molecule has 0 saturated carbocycles. The average Bonchev–Trinajstić information content (AvgIpc) is 2.69. The molecular formula is C21H31F2N3O4. The molecule has 1 fully saturated rings. The smallest absolute Gasteiger partial charge is 0.387 e. The number of carbonyl (C=O) groups excluding carboxylic acids is 2. The van der Waals surface area contributed by atoms with Gasteiger partial charge < -0.3 is 20.1 Å². The summed E-state index contributed by atoms with van der Waals surface area (Å²) in [7, 11) is 0. The van der Waals surface area contributed by atoms with Gasteiger partial charge in [-0.05, 0) is 70.5 Å². The van der Waals surface area contributed by atoms with Crippen molar-refractivity contribution in [2.24, 2.45) is 5.92 Å². The Labute approximate surface area is 176 Å². The molecule has 30 heavy (non-hydrogen) atoms. The molecule has 1 heterocycles. The Bertz CT molecular complexity index is 663. The lowest BCUT2D eigenvalue weighted by Crippen LogP contribution is -2.43. The number of anilines is 1. The lowest BCUT2D eigenvalue weighted by atomic mass is 9.96. The third-order valence-corrected chi connectivity index (χ3v) is 4.76. The summed E-state index contributed by atoms with van der Waals surface area (Å²) in [6.45, 7) is 3.88. The predicted octanol–water partition coefficient (Wildman–Crippen LogP) is 2.87. The third kappa shape index (κ3) is 9.04. The highest BCUT2D eigenvalue weighted by atomic mass is 19.3. The fourth-order valence-electron chi connectivity index (χ4n) is 3.22. The molecule has 0 unspecified atom stereocenters. The lowest BCUT2D eigenvalue weighted by Gasteiger charge is -2.30. The van der Waals surface area contributed by atoms with Crippen LogP contribution in [0.4, 0.5) is 14.5 Å². The standard InChI is InChI=1S/C21H31F2N3O4/c1-15(2)29-13-3-10-24-20(28)16-8-11-26(12-9-16)14-19(27)25-17-4-6-18(7-5-17)30-21(22)23/h4-7,15-16,21H,3,8-14H2,1-2H3,(H,24,28)(H,25,27). The Morgan fingerprint density at radius 2 is 1.83 bits per heavy atom. The van der Waals surface area contributed by atoms with Crippen molar-refractivity contribution in [3.63, 3.8) is 0 Å². The maximum Gasteiger partial charge on any atom is 0.387 e. The van der Waals surface area contributed by atoms with Crippen molar-refractivity contribution in [1.29, 1.82) is 0 Å². The van der Waals surface area contributed by atoms with E-state index in [0.29, 0.717) is 44.8 Å². The molecule has 0 aromatic heterocycles. The molecule has 7 nitrogen and oxygen atoms in total. The Kier molecular flexibility index (Phi) is 9.96. The number of nitrogens with one attached hydrogen (secondary N) is 2. The zero-order chi connectivity index (χ0) is 21.9. The van der Waals surface area contributed by atoms with E-state index in [1.54, 1.807) is 0 Å². The molecule has 1 aromatic carbocycles. The van der Waals surface area contributed by atoms with Crippen molar-refractivity contribution < 1.29 is 27.8 Å². The summed E-state index contributed by atoms with van der Waals surface area (Å²) in [6, 6.07) is 5.78. The molecule has 2 N–H and O–H groups in total. The summed E-state index contributed by atoms with van der Waals surface area (Å²) in [5.41, 5.74) is 0.511. The zero-order valence-corrected chi connectivity index (χ0v) is 17.5. The molecule has 1 aromatic rings. The minimum absolute atomic E-state index is 0.0299. The highest BCUT2D eigenvalue weighted by Gasteiger charge is 2.25. The van der Waals surface area contributed by atoms with Crippen molar-refractivity contribution in [2.45, 2.75) is 45.8 Å². The van der Waals surface area contributed by atoms with Crippen LogP contribution in [-0.4, -0.2) is 62.2 Å². The second-order valence-electron chi connectivity index (χ2n) is 7.57. The van der Waals surface area contributed by atoms with Crippen molar-refractivity contribution >= 4 is 17.5 Å². The first-order valence-electron chi connectivity index (χ1n) is 10.3. The van der Waals surface area contributed by atoms with Crippen molar-refractivity contribution in [1.82, 2.24) is 10.2 Å². The number of amides is 2. The number of ether oxygens (including phenoxy) is 2. The van der Waals surface area contributed by atoms with Crippen LogP contribution in [-0.2, 0) is 14.3 Å². The summed E-state index contributed by atoms with van der Waals surface area (Å²) in [4.78, 5) is 26.5. The van der Waals surface area contributed by atoms with Gasteiger partial charge in [0.1, 0.15) is 5.75 Å². The van der Waals surface area contributed by atoms with Crippen molar-refractivity contribution in [2.75, 3.05) is 38.1 Å². The van der Waals surface area contributed by atoms with Crippen LogP contribution in [0.5, 0.6) is 5.75 Å². The quantitative estimate of drug-likeness (QED) is 0.531. The lowest BCUT2D eigenvalue weighted by molar-refractivity contribution is -0.126. The number of alkyl halides is 2. The first-order valence-corrected chi connectivity index (χ1v) is 10.3. The van der Waals surface area contributed by atoms with E-state index in [1.807, 2.05) is 18.7 Å². The number of carbonyl (C=O) groups is 2. The van der Waals surface area contributed by atoms with Gasteiger partial charge in [0.15, 0.2) is 0 Å². The van der Waals surface area contributed by atoms with Crippen LogP contribution < -0.4 is 15.4 Å². The first-order chi connectivity index (χ1) is 14.3. The fourth-order valence-corrected chi connectivity index (χ4v) is 3.22. The van der Waals surface area contributed by atoms with Gasteiger partial charge in [-0.2, -0.15) is 8.78 Å². The van der Waals surface area contributed by atoms with Gasteiger partial charge in [0.25, 0.3) is 0 Å². The summed E-state index contributed by atoms with van der Waals surface area (Å²) < 4.78 is 34.0. The molecule has 9 heteroatoms. The number of benzene rings is 1. The number of hydrogen-bond donors (Lipinski definition) is 2. The molecule has 0 atom stereocenters. The molecule has 2 amide bonds. The van der Waals surface area contributed by atoms with E-state index in [9.17, 15) is 18.4 Å². The largest absolute Gasteiger partial charge is 0.435 e. The van der Waals surface area contributed by atoms with E-state index < -0.39 is 6.61 Å². The summed E-state index contributed by atoms with van der Waals surface area (Å²) >= 11 is 0. The van der Waals surface area contributed by atoms with Gasteiger partial charge >= 0.3 is 6.61 Å². The Morgan fingerprint density at radius 1 is 1.17 bits per heavy atom. The van der Waals surface area contributed by atoms with Crippen LogP contribution in [0.1, 0.15) is 33.1 Å². The van der Waals surface area contributed by atoms with Crippen molar-refractivity contribution in [3.05, 3.63) is 24.3 Å². The number of nitrogens with zero attached hydrogens (tertiary/aromatic N) is 1. The summed E-state index contributed by atoms with van der Waals surface area (Å²) in [6.07, 6.45) is 2.40. The minimum atomic E-state index is -2.88. The van der Waals surface area contributed by atoms with E-state index in [2.05, 4.69) is 15.4 Å².